The zero-order chi connectivity index (χ0) is 18.0. The van der Waals surface area contributed by atoms with E-state index < -0.39 is 0 Å². The van der Waals surface area contributed by atoms with Crippen LogP contribution in [0.4, 0.5) is 5.95 Å². The molecule has 0 saturated heterocycles. The van der Waals surface area contributed by atoms with Crippen LogP contribution in [0.15, 0.2) is 41.2 Å². The lowest BCUT2D eigenvalue weighted by Crippen LogP contribution is -2.27. The number of hydrogen-bond donors (Lipinski definition) is 2. The number of methoxy groups -OCH3 is 2. The van der Waals surface area contributed by atoms with Gasteiger partial charge in [0.25, 0.3) is 5.56 Å². The number of hydrogen-bond acceptors (Lipinski definition) is 6. The maximum atomic E-state index is 13.0. The molecule has 0 spiro atoms. The lowest BCUT2D eigenvalue weighted by atomic mass is 10.2. The van der Waals surface area contributed by atoms with Crippen molar-refractivity contribution in [2.45, 2.75) is 6.54 Å². The number of nitrogen functional groups attached to an aromatic ring is 1. The van der Waals surface area contributed by atoms with Gasteiger partial charge >= 0.3 is 0 Å². The summed E-state index contributed by atoms with van der Waals surface area (Å²) in [4.78, 5) is 17.4. The van der Waals surface area contributed by atoms with E-state index in [1.807, 2.05) is 12.1 Å². The molecule has 3 rings (SSSR count). The zero-order valence-corrected chi connectivity index (χ0v) is 14.5. The van der Waals surface area contributed by atoms with Crippen molar-refractivity contribution in [1.82, 2.24) is 9.55 Å². The van der Waals surface area contributed by atoms with Gasteiger partial charge in [-0.25, -0.2) is 10.8 Å². The van der Waals surface area contributed by atoms with Crippen molar-refractivity contribution in [1.29, 1.82) is 0 Å². The Balaban J connectivity index is 2.18. The van der Waals surface area contributed by atoms with E-state index in [0.29, 0.717) is 34.0 Å². The van der Waals surface area contributed by atoms with Crippen molar-refractivity contribution in [3.63, 3.8) is 0 Å². The van der Waals surface area contributed by atoms with Crippen LogP contribution in [-0.4, -0.2) is 23.8 Å². The first-order valence-corrected chi connectivity index (χ1v) is 7.82. The number of hydrazine groups is 1. The fourth-order valence-electron chi connectivity index (χ4n) is 2.58. The average molecular weight is 361 g/mol. The van der Waals surface area contributed by atoms with Gasteiger partial charge < -0.3 is 9.47 Å². The van der Waals surface area contributed by atoms with Crippen molar-refractivity contribution in [2.75, 3.05) is 19.6 Å². The molecule has 0 saturated carbocycles. The summed E-state index contributed by atoms with van der Waals surface area (Å²) in [5.41, 5.74) is 3.59. The average Bonchev–Trinajstić information content (AvgIpc) is 2.64. The highest BCUT2D eigenvalue weighted by molar-refractivity contribution is 6.30. The summed E-state index contributed by atoms with van der Waals surface area (Å²) in [6.07, 6.45) is 0. The van der Waals surface area contributed by atoms with Crippen LogP contribution in [0, 0.1) is 0 Å². The largest absolute Gasteiger partial charge is 0.493 e. The Labute approximate surface area is 148 Å². The van der Waals surface area contributed by atoms with Crippen molar-refractivity contribution in [2.24, 2.45) is 5.84 Å². The molecule has 0 aliphatic heterocycles. The predicted molar refractivity (Wildman–Crippen MR) is 97.5 cm³/mol. The Bertz CT molecular complexity index is 970. The Morgan fingerprint density at radius 3 is 2.40 bits per heavy atom. The predicted octanol–water partition coefficient (Wildman–Crippen LogP) is 2.40. The van der Waals surface area contributed by atoms with Crippen LogP contribution in [0.1, 0.15) is 5.56 Å². The van der Waals surface area contributed by atoms with Gasteiger partial charge in [0.2, 0.25) is 5.95 Å². The summed E-state index contributed by atoms with van der Waals surface area (Å²) in [7, 11) is 3.03. The van der Waals surface area contributed by atoms with Crippen molar-refractivity contribution >= 4 is 28.5 Å². The van der Waals surface area contributed by atoms with E-state index in [4.69, 9.17) is 26.9 Å². The van der Waals surface area contributed by atoms with E-state index in [1.54, 1.807) is 24.3 Å². The smallest absolute Gasteiger partial charge is 0.263 e. The molecule has 0 unspecified atom stereocenters. The van der Waals surface area contributed by atoms with Crippen LogP contribution in [-0.2, 0) is 6.54 Å². The number of nitrogens with one attached hydrogen (secondary N) is 1. The third kappa shape index (κ3) is 3.24. The molecule has 0 bridgehead atoms. The second kappa shape index (κ2) is 7.00. The maximum absolute atomic E-state index is 13.0. The molecule has 8 heteroatoms. The van der Waals surface area contributed by atoms with Crippen molar-refractivity contribution in [3.8, 4) is 11.5 Å². The van der Waals surface area contributed by atoms with Crippen molar-refractivity contribution in [3.05, 3.63) is 57.3 Å². The summed E-state index contributed by atoms with van der Waals surface area (Å²) in [5.74, 6) is 6.76. The fourth-order valence-corrected chi connectivity index (χ4v) is 2.70. The Kier molecular flexibility index (Phi) is 4.78. The fraction of sp³-hybridized carbons (Fsp3) is 0.176. The highest BCUT2D eigenvalue weighted by Crippen LogP contribution is 2.30. The van der Waals surface area contributed by atoms with Gasteiger partial charge in [-0.15, -0.1) is 0 Å². The summed E-state index contributed by atoms with van der Waals surface area (Å²) >= 11 is 5.91. The molecular weight excluding hydrogens is 344 g/mol. The molecule has 0 radical (unpaired) electrons. The van der Waals surface area contributed by atoms with Crippen LogP contribution in [0.25, 0.3) is 10.9 Å². The minimum Gasteiger partial charge on any atom is -0.493 e. The minimum absolute atomic E-state index is 0.242. The first-order valence-electron chi connectivity index (χ1n) is 7.45. The zero-order valence-electron chi connectivity index (χ0n) is 13.7. The Morgan fingerprint density at radius 2 is 1.80 bits per heavy atom. The van der Waals surface area contributed by atoms with Crippen LogP contribution in [0.5, 0.6) is 11.5 Å². The van der Waals surface area contributed by atoms with Crippen molar-refractivity contribution < 1.29 is 9.47 Å². The number of rotatable bonds is 5. The molecule has 1 aromatic heterocycles. The third-order valence-electron chi connectivity index (χ3n) is 3.84. The Morgan fingerprint density at radius 1 is 1.16 bits per heavy atom. The molecule has 130 valence electrons. The lowest BCUT2D eigenvalue weighted by molar-refractivity contribution is 0.355. The van der Waals surface area contributed by atoms with Gasteiger partial charge in [0.1, 0.15) is 0 Å². The van der Waals surface area contributed by atoms with Crippen LogP contribution < -0.4 is 26.3 Å². The molecule has 1 heterocycles. The number of ether oxygens (including phenoxy) is 2. The SMILES string of the molecule is COc1cc2nc(NN)n(Cc3ccc(Cl)cc3)c(=O)c2cc1OC. The summed E-state index contributed by atoms with van der Waals surface area (Å²) < 4.78 is 12.0. The number of nitrogens with zero attached hydrogens (tertiary/aromatic N) is 2. The van der Waals surface area contributed by atoms with Gasteiger partial charge in [0.05, 0.1) is 31.7 Å². The van der Waals surface area contributed by atoms with Crippen LogP contribution >= 0.6 is 11.6 Å². The standard InChI is InChI=1S/C17H17ClN4O3/c1-24-14-7-12-13(8-15(14)25-2)20-17(21-19)22(16(12)23)9-10-3-5-11(18)6-4-10/h3-8H,9,19H2,1-2H3,(H,20,21). The van der Waals surface area contributed by atoms with E-state index in [9.17, 15) is 4.79 Å². The molecule has 0 fully saturated rings. The second-order valence-corrected chi connectivity index (χ2v) is 5.76. The topological polar surface area (TPSA) is 91.4 Å². The monoisotopic (exact) mass is 360 g/mol. The number of aromatic nitrogens is 2. The molecule has 0 atom stereocenters. The normalized spacial score (nSPS) is 10.7. The number of benzene rings is 2. The molecule has 25 heavy (non-hydrogen) atoms. The van der Waals surface area contributed by atoms with Gasteiger partial charge in [-0.05, 0) is 23.8 Å². The van der Waals surface area contributed by atoms with Gasteiger partial charge in [-0.2, -0.15) is 0 Å². The summed E-state index contributed by atoms with van der Waals surface area (Å²) in [6.45, 7) is 0.298. The molecule has 7 nitrogen and oxygen atoms in total. The summed E-state index contributed by atoms with van der Waals surface area (Å²) in [6, 6.07) is 10.5. The molecule has 0 aliphatic carbocycles. The first kappa shape index (κ1) is 17.1. The molecule has 0 amide bonds. The highest BCUT2D eigenvalue weighted by atomic mass is 35.5. The molecule has 3 aromatic rings. The maximum Gasteiger partial charge on any atom is 0.263 e. The van der Waals surface area contributed by atoms with E-state index in [-0.39, 0.29) is 11.5 Å². The van der Waals surface area contributed by atoms with E-state index >= 15 is 0 Å². The molecule has 0 aliphatic rings. The Hall–Kier alpha value is -2.77. The number of nitrogens with two attached hydrogens (primary N) is 1. The lowest BCUT2D eigenvalue weighted by Gasteiger charge is -2.14. The van der Waals surface area contributed by atoms with E-state index in [0.717, 1.165) is 5.56 Å². The minimum atomic E-state index is -0.242. The van der Waals surface area contributed by atoms with Gasteiger partial charge in [0, 0.05) is 11.1 Å². The number of halogens is 1. The number of anilines is 1. The molecule has 3 N–H and O–H groups in total. The van der Waals surface area contributed by atoms with E-state index in [2.05, 4.69) is 10.4 Å². The molecule has 2 aromatic carbocycles. The first-order chi connectivity index (χ1) is 12.1. The second-order valence-electron chi connectivity index (χ2n) is 5.32. The summed E-state index contributed by atoms with van der Waals surface area (Å²) in [5, 5.41) is 1.03. The van der Waals surface area contributed by atoms with Gasteiger partial charge in [-0.3, -0.25) is 14.8 Å². The van der Waals surface area contributed by atoms with E-state index in [1.165, 1.54) is 18.8 Å². The molecular formula is C17H17ClN4O3. The highest BCUT2D eigenvalue weighted by Gasteiger charge is 2.15. The number of fused-ring (bicyclic) bond motifs is 1. The quantitative estimate of drug-likeness (QED) is 0.536. The third-order valence-corrected chi connectivity index (χ3v) is 4.09. The van der Waals surface area contributed by atoms with Gasteiger partial charge in [0.15, 0.2) is 11.5 Å². The van der Waals surface area contributed by atoms with Crippen LogP contribution in [0.3, 0.4) is 0 Å². The van der Waals surface area contributed by atoms with Crippen LogP contribution in [0.2, 0.25) is 5.02 Å². The van der Waals surface area contributed by atoms with Gasteiger partial charge in [-0.1, -0.05) is 23.7 Å².